The van der Waals surface area contributed by atoms with E-state index >= 15 is 0 Å². The van der Waals surface area contributed by atoms with Gasteiger partial charge < -0.3 is 9.42 Å². The van der Waals surface area contributed by atoms with Crippen LogP contribution in [0.3, 0.4) is 0 Å². The fraction of sp³-hybridized carbons (Fsp3) is 0.389. The predicted molar refractivity (Wildman–Crippen MR) is 99.5 cm³/mol. The van der Waals surface area contributed by atoms with Gasteiger partial charge in [0.1, 0.15) is 5.82 Å². The number of benzene rings is 1. The number of halogens is 2. The average Bonchev–Trinajstić information content (AvgIpc) is 3.26. The highest BCUT2D eigenvalue weighted by Gasteiger charge is 2.31. The number of nitrogens with zero attached hydrogens (tertiary/aromatic N) is 4. The number of hydrogen-bond acceptors (Lipinski definition) is 5. The van der Waals surface area contributed by atoms with Crippen LogP contribution in [0.1, 0.15) is 50.4 Å². The fourth-order valence-corrected chi connectivity index (χ4v) is 3.65. The number of hydrogen-bond donors (Lipinski definition) is 0. The van der Waals surface area contributed by atoms with E-state index in [1.54, 1.807) is 12.1 Å². The van der Waals surface area contributed by atoms with Crippen LogP contribution in [0.5, 0.6) is 0 Å². The van der Waals surface area contributed by atoms with Crippen LogP contribution in [0.2, 0.25) is 10.0 Å². The quantitative estimate of drug-likeness (QED) is 0.613. The van der Waals surface area contributed by atoms with Crippen molar-refractivity contribution in [2.24, 2.45) is 0 Å². The summed E-state index contributed by atoms with van der Waals surface area (Å²) in [5.74, 6) is 2.47. The van der Waals surface area contributed by atoms with Crippen molar-refractivity contribution in [3.63, 3.8) is 0 Å². The van der Waals surface area contributed by atoms with E-state index in [9.17, 15) is 0 Å². The molecule has 0 amide bonds. The first-order chi connectivity index (χ1) is 12.0. The zero-order chi connectivity index (χ0) is 17.6. The number of aromatic nitrogens is 3. The molecule has 0 saturated carbocycles. The Bertz CT molecular complexity index is 925. The number of rotatable bonds is 3. The SMILES string of the molecule is CC(C)c1nc(C2CCCN2c2ccc3c(Cl)ccc(Cl)c3n2)no1. The molecule has 0 spiro atoms. The van der Waals surface area contributed by atoms with Gasteiger partial charge in [0.25, 0.3) is 0 Å². The van der Waals surface area contributed by atoms with Crippen LogP contribution in [0.15, 0.2) is 28.8 Å². The number of pyridine rings is 1. The summed E-state index contributed by atoms with van der Waals surface area (Å²) in [7, 11) is 0. The van der Waals surface area contributed by atoms with Crippen molar-refractivity contribution < 1.29 is 4.52 Å². The van der Waals surface area contributed by atoms with Gasteiger partial charge in [-0.15, -0.1) is 0 Å². The van der Waals surface area contributed by atoms with Crippen molar-refractivity contribution in [3.8, 4) is 0 Å². The van der Waals surface area contributed by atoms with Crippen molar-refractivity contribution >= 4 is 39.9 Å². The molecule has 1 atom stereocenters. The van der Waals surface area contributed by atoms with Crippen LogP contribution < -0.4 is 4.90 Å². The third kappa shape index (κ3) is 2.96. The fourth-order valence-electron chi connectivity index (χ4n) is 3.23. The van der Waals surface area contributed by atoms with Crippen LogP contribution in [0, 0.1) is 0 Å². The second-order valence-corrected chi connectivity index (χ2v) is 7.41. The molecule has 0 radical (unpaired) electrons. The van der Waals surface area contributed by atoms with Crippen LogP contribution in [-0.2, 0) is 0 Å². The highest BCUT2D eigenvalue weighted by atomic mass is 35.5. The molecule has 0 bridgehead atoms. The van der Waals surface area contributed by atoms with E-state index in [0.717, 1.165) is 36.4 Å². The van der Waals surface area contributed by atoms with Crippen LogP contribution in [0.4, 0.5) is 5.82 Å². The molecule has 1 saturated heterocycles. The second-order valence-electron chi connectivity index (χ2n) is 6.59. The molecular formula is C18H18Cl2N4O. The van der Waals surface area contributed by atoms with Crippen LogP contribution in [-0.4, -0.2) is 21.7 Å². The van der Waals surface area contributed by atoms with Crippen LogP contribution >= 0.6 is 23.2 Å². The van der Waals surface area contributed by atoms with Gasteiger partial charge in [-0.05, 0) is 37.1 Å². The largest absolute Gasteiger partial charge is 0.346 e. The van der Waals surface area contributed by atoms with Crippen molar-refractivity contribution in [1.29, 1.82) is 0 Å². The normalized spacial score (nSPS) is 17.8. The van der Waals surface area contributed by atoms with E-state index in [4.69, 9.17) is 32.7 Å². The van der Waals surface area contributed by atoms with Gasteiger partial charge in [-0.2, -0.15) is 4.98 Å². The van der Waals surface area contributed by atoms with E-state index < -0.39 is 0 Å². The summed E-state index contributed by atoms with van der Waals surface area (Å²) >= 11 is 12.6. The Kier molecular flexibility index (Phi) is 4.29. The van der Waals surface area contributed by atoms with Gasteiger partial charge in [0.05, 0.1) is 21.6 Å². The molecule has 4 rings (SSSR count). The Morgan fingerprint density at radius 1 is 1.12 bits per heavy atom. The lowest BCUT2D eigenvalue weighted by Crippen LogP contribution is -2.24. The maximum atomic E-state index is 6.32. The van der Waals surface area contributed by atoms with Gasteiger partial charge in [0.2, 0.25) is 5.89 Å². The smallest absolute Gasteiger partial charge is 0.229 e. The minimum Gasteiger partial charge on any atom is -0.346 e. The molecule has 2 aromatic heterocycles. The molecule has 5 nitrogen and oxygen atoms in total. The van der Waals surface area contributed by atoms with Crippen molar-refractivity contribution in [3.05, 3.63) is 46.0 Å². The molecular weight excluding hydrogens is 359 g/mol. The van der Waals surface area contributed by atoms with Crippen LogP contribution in [0.25, 0.3) is 10.9 Å². The van der Waals surface area contributed by atoms with Crippen molar-refractivity contribution in [2.75, 3.05) is 11.4 Å². The van der Waals surface area contributed by atoms with E-state index in [1.165, 1.54) is 0 Å². The summed E-state index contributed by atoms with van der Waals surface area (Å²) in [6, 6.07) is 7.58. The molecule has 1 fully saturated rings. The highest BCUT2D eigenvalue weighted by molar-refractivity contribution is 6.39. The number of anilines is 1. The maximum Gasteiger partial charge on any atom is 0.229 e. The standard InChI is InChI=1S/C18H18Cl2N4O/c1-10(2)18-22-17(23-25-18)14-4-3-9-24(14)15-8-5-11-12(19)6-7-13(20)16(11)21-15/h5-8,10,14H,3-4,9H2,1-2H3. The zero-order valence-electron chi connectivity index (χ0n) is 14.0. The van der Waals surface area contributed by atoms with Gasteiger partial charge in [-0.3, -0.25) is 0 Å². The molecule has 3 heterocycles. The van der Waals surface area contributed by atoms with Gasteiger partial charge >= 0.3 is 0 Å². The topological polar surface area (TPSA) is 55.1 Å². The first kappa shape index (κ1) is 16.6. The Morgan fingerprint density at radius 3 is 2.68 bits per heavy atom. The molecule has 0 aliphatic carbocycles. The minimum absolute atomic E-state index is 0.0687. The Labute approximate surface area is 155 Å². The molecule has 3 aromatic rings. The predicted octanol–water partition coefficient (Wildman–Crippen LogP) is 5.39. The lowest BCUT2D eigenvalue weighted by Gasteiger charge is -2.23. The summed E-state index contributed by atoms with van der Waals surface area (Å²) in [4.78, 5) is 11.5. The molecule has 1 aromatic carbocycles. The van der Waals surface area contributed by atoms with Gasteiger partial charge in [-0.25, -0.2) is 4.98 Å². The first-order valence-electron chi connectivity index (χ1n) is 8.39. The molecule has 7 heteroatoms. The van der Waals surface area contributed by atoms with Crippen molar-refractivity contribution in [1.82, 2.24) is 15.1 Å². The van der Waals surface area contributed by atoms with Crippen molar-refractivity contribution in [2.45, 2.75) is 38.6 Å². The highest BCUT2D eigenvalue weighted by Crippen LogP contribution is 2.37. The zero-order valence-corrected chi connectivity index (χ0v) is 15.6. The molecule has 25 heavy (non-hydrogen) atoms. The lowest BCUT2D eigenvalue weighted by molar-refractivity contribution is 0.358. The third-order valence-electron chi connectivity index (χ3n) is 4.54. The maximum absolute atomic E-state index is 6.32. The van der Waals surface area contributed by atoms with E-state index in [1.807, 2.05) is 26.0 Å². The minimum atomic E-state index is 0.0687. The van der Waals surface area contributed by atoms with Gasteiger partial charge in [0, 0.05) is 17.8 Å². The second kappa shape index (κ2) is 6.46. The lowest BCUT2D eigenvalue weighted by atomic mass is 10.2. The molecule has 130 valence electrons. The average molecular weight is 377 g/mol. The molecule has 0 N–H and O–H groups in total. The number of fused-ring (bicyclic) bond motifs is 1. The van der Waals surface area contributed by atoms with E-state index in [2.05, 4.69) is 15.0 Å². The summed E-state index contributed by atoms with van der Waals surface area (Å²) in [6.45, 7) is 4.98. The summed E-state index contributed by atoms with van der Waals surface area (Å²) < 4.78 is 5.38. The van der Waals surface area contributed by atoms with Gasteiger partial charge in [-0.1, -0.05) is 42.2 Å². The Balaban J connectivity index is 1.72. The molecule has 1 unspecified atom stereocenters. The Morgan fingerprint density at radius 2 is 1.92 bits per heavy atom. The molecule has 1 aliphatic rings. The first-order valence-corrected chi connectivity index (χ1v) is 9.15. The third-order valence-corrected chi connectivity index (χ3v) is 5.17. The summed E-state index contributed by atoms with van der Waals surface area (Å²) in [5.41, 5.74) is 0.716. The van der Waals surface area contributed by atoms with E-state index in [0.29, 0.717) is 21.5 Å². The summed E-state index contributed by atoms with van der Waals surface area (Å²) in [5, 5.41) is 6.29. The Hall–Kier alpha value is -1.85. The monoisotopic (exact) mass is 376 g/mol. The van der Waals surface area contributed by atoms with E-state index in [-0.39, 0.29) is 12.0 Å². The molecule has 1 aliphatic heterocycles. The summed E-state index contributed by atoms with van der Waals surface area (Å²) in [6.07, 6.45) is 2.03. The van der Waals surface area contributed by atoms with Gasteiger partial charge in [0.15, 0.2) is 5.82 Å².